The van der Waals surface area contributed by atoms with Gasteiger partial charge in [0.15, 0.2) is 5.75 Å². The van der Waals surface area contributed by atoms with Crippen LogP contribution in [0.3, 0.4) is 0 Å². The highest BCUT2D eigenvalue weighted by atomic mass is 35.5. The summed E-state index contributed by atoms with van der Waals surface area (Å²) in [5, 5.41) is 0.320. The van der Waals surface area contributed by atoms with E-state index in [0.717, 1.165) is 0 Å². The van der Waals surface area contributed by atoms with Crippen LogP contribution in [0.15, 0.2) is 6.07 Å². The number of ether oxygens (including phenoxy) is 2. The van der Waals surface area contributed by atoms with E-state index in [1.54, 1.807) is 6.92 Å². The molecule has 0 aliphatic heterocycles. The molecule has 5 heteroatoms. The van der Waals surface area contributed by atoms with Gasteiger partial charge >= 0.3 is 5.97 Å². The number of methoxy groups -OCH3 is 1. The largest absolute Gasteiger partial charge is 0.481 e. The van der Waals surface area contributed by atoms with Crippen LogP contribution in [0.4, 0.5) is 0 Å². The van der Waals surface area contributed by atoms with Gasteiger partial charge in [-0.15, -0.1) is 0 Å². The number of nitrogens with zero attached hydrogens (tertiary/aromatic N) is 1. The first-order valence-electron chi connectivity index (χ1n) is 3.94. The van der Waals surface area contributed by atoms with E-state index in [-0.39, 0.29) is 5.75 Å². The Morgan fingerprint density at radius 3 is 2.71 bits per heavy atom. The molecule has 0 saturated heterocycles. The van der Waals surface area contributed by atoms with E-state index in [2.05, 4.69) is 4.98 Å². The molecule has 4 nitrogen and oxygen atoms in total. The second-order valence-corrected chi connectivity index (χ2v) is 3.03. The van der Waals surface area contributed by atoms with Gasteiger partial charge in [-0.3, -0.25) is 4.79 Å². The standard InChI is InChI=1S/C9H10ClNO3/c1-5-9(10)7(14-6(2)12)4-8(11-5)13-3/h4H,1-3H3. The Morgan fingerprint density at radius 2 is 2.21 bits per heavy atom. The van der Waals surface area contributed by atoms with Crippen LogP contribution in [0.2, 0.25) is 5.02 Å². The Hall–Kier alpha value is -1.29. The fourth-order valence-electron chi connectivity index (χ4n) is 0.934. The van der Waals surface area contributed by atoms with Crippen LogP contribution in [-0.2, 0) is 4.79 Å². The molecule has 0 atom stereocenters. The maximum atomic E-state index is 10.7. The van der Waals surface area contributed by atoms with Gasteiger partial charge in [0, 0.05) is 13.0 Å². The number of aryl methyl sites for hydroxylation is 1. The predicted molar refractivity (Wildman–Crippen MR) is 51.8 cm³/mol. The fourth-order valence-corrected chi connectivity index (χ4v) is 1.07. The zero-order chi connectivity index (χ0) is 10.7. The smallest absolute Gasteiger partial charge is 0.308 e. The molecule has 0 aliphatic rings. The molecule has 0 aliphatic carbocycles. The number of carbonyl (C=O) groups excluding carboxylic acids is 1. The number of halogens is 1. The van der Waals surface area contributed by atoms with E-state index in [1.807, 2.05) is 0 Å². The molecule has 0 fully saturated rings. The summed E-state index contributed by atoms with van der Waals surface area (Å²) in [6, 6.07) is 1.47. The molecule has 0 bridgehead atoms. The first-order valence-corrected chi connectivity index (χ1v) is 4.32. The molecule has 0 aromatic carbocycles. The first kappa shape index (κ1) is 10.8. The maximum absolute atomic E-state index is 10.7. The molecule has 76 valence electrons. The number of hydrogen-bond donors (Lipinski definition) is 0. The maximum Gasteiger partial charge on any atom is 0.308 e. The Kier molecular flexibility index (Phi) is 3.30. The highest BCUT2D eigenvalue weighted by Crippen LogP contribution is 2.30. The van der Waals surface area contributed by atoms with E-state index in [4.69, 9.17) is 21.1 Å². The minimum atomic E-state index is -0.431. The van der Waals surface area contributed by atoms with Gasteiger partial charge in [-0.05, 0) is 6.92 Å². The summed E-state index contributed by atoms with van der Waals surface area (Å²) in [5.74, 6) is 0.200. The van der Waals surface area contributed by atoms with Crippen molar-refractivity contribution in [1.82, 2.24) is 4.98 Å². The molecule has 14 heavy (non-hydrogen) atoms. The van der Waals surface area contributed by atoms with E-state index in [1.165, 1.54) is 20.1 Å². The number of esters is 1. The van der Waals surface area contributed by atoms with Crippen molar-refractivity contribution in [3.05, 3.63) is 16.8 Å². The minimum absolute atomic E-state index is 0.267. The van der Waals surface area contributed by atoms with Crippen molar-refractivity contribution >= 4 is 17.6 Å². The predicted octanol–water partition coefficient (Wildman–Crippen LogP) is 1.98. The number of carbonyl (C=O) groups is 1. The lowest BCUT2D eigenvalue weighted by Crippen LogP contribution is -2.03. The summed E-state index contributed by atoms with van der Waals surface area (Å²) < 4.78 is 9.79. The van der Waals surface area contributed by atoms with Gasteiger partial charge in [-0.25, -0.2) is 4.98 Å². The van der Waals surface area contributed by atoms with Gasteiger partial charge in [-0.2, -0.15) is 0 Å². The van der Waals surface area contributed by atoms with Crippen LogP contribution in [0, 0.1) is 6.92 Å². The SMILES string of the molecule is COc1cc(OC(C)=O)c(Cl)c(C)n1. The van der Waals surface area contributed by atoms with Crippen molar-refractivity contribution in [3.63, 3.8) is 0 Å². The molecule has 0 saturated carbocycles. The molecule has 0 radical (unpaired) electrons. The summed E-state index contributed by atoms with van der Waals surface area (Å²) >= 11 is 5.87. The van der Waals surface area contributed by atoms with Gasteiger partial charge in [0.05, 0.1) is 12.8 Å². The van der Waals surface area contributed by atoms with Gasteiger partial charge in [0.25, 0.3) is 0 Å². The number of hydrogen-bond acceptors (Lipinski definition) is 4. The monoisotopic (exact) mass is 215 g/mol. The van der Waals surface area contributed by atoms with Gasteiger partial charge in [0.1, 0.15) is 5.02 Å². The third-order valence-electron chi connectivity index (χ3n) is 1.53. The van der Waals surface area contributed by atoms with Crippen LogP contribution in [0.25, 0.3) is 0 Å². The zero-order valence-corrected chi connectivity index (χ0v) is 8.88. The summed E-state index contributed by atoms with van der Waals surface area (Å²) in [4.78, 5) is 14.7. The number of aromatic nitrogens is 1. The van der Waals surface area contributed by atoms with Gasteiger partial charge < -0.3 is 9.47 Å². The molecule has 0 N–H and O–H groups in total. The first-order chi connectivity index (χ1) is 6.54. The van der Waals surface area contributed by atoms with E-state index in [9.17, 15) is 4.79 Å². The zero-order valence-electron chi connectivity index (χ0n) is 8.13. The van der Waals surface area contributed by atoms with Crippen molar-refractivity contribution in [2.24, 2.45) is 0 Å². The average molecular weight is 216 g/mol. The topological polar surface area (TPSA) is 48.4 Å². The van der Waals surface area contributed by atoms with E-state index >= 15 is 0 Å². The Labute approximate surface area is 86.8 Å². The number of pyridine rings is 1. The lowest BCUT2D eigenvalue weighted by atomic mass is 10.3. The molecule has 0 unspecified atom stereocenters. The van der Waals surface area contributed by atoms with Gasteiger partial charge in [0.2, 0.25) is 5.88 Å². The average Bonchev–Trinajstić information content (AvgIpc) is 2.11. The summed E-state index contributed by atoms with van der Waals surface area (Å²) in [5.41, 5.74) is 0.558. The molecule has 1 heterocycles. The summed E-state index contributed by atoms with van der Waals surface area (Å²) in [7, 11) is 1.48. The molecule has 0 amide bonds. The van der Waals surface area contributed by atoms with Crippen molar-refractivity contribution in [1.29, 1.82) is 0 Å². The number of rotatable bonds is 2. The Balaban J connectivity index is 3.13. The fraction of sp³-hybridized carbons (Fsp3) is 0.333. The van der Waals surface area contributed by atoms with Gasteiger partial charge in [-0.1, -0.05) is 11.6 Å². The van der Waals surface area contributed by atoms with Crippen LogP contribution in [0.1, 0.15) is 12.6 Å². The molecule has 1 aromatic rings. The molecule has 0 spiro atoms. The highest BCUT2D eigenvalue weighted by Gasteiger charge is 2.10. The second-order valence-electron chi connectivity index (χ2n) is 2.66. The van der Waals surface area contributed by atoms with Crippen LogP contribution >= 0.6 is 11.6 Å². The van der Waals surface area contributed by atoms with Crippen molar-refractivity contribution in [2.45, 2.75) is 13.8 Å². The third-order valence-corrected chi connectivity index (χ3v) is 1.99. The molecular weight excluding hydrogens is 206 g/mol. The van der Waals surface area contributed by atoms with Crippen LogP contribution in [-0.4, -0.2) is 18.1 Å². The van der Waals surface area contributed by atoms with E-state index in [0.29, 0.717) is 16.6 Å². The lowest BCUT2D eigenvalue weighted by Gasteiger charge is -2.07. The quantitative estimate of drug-likeness (QED) is 0.708. The second kappa shape index (κ2) is 4.28. The lowest BCUT2D eigenvalue weighted by molar-refractivity contribution is -0.131. The van der Waals surface area contributed by atoms with Crippen molar-refractivity contribution in [2.75, 3.05) is 7.11 Å². The Bertz CT molecular complexity index is 365. The normalized spacial score (nSPS) is 9.71. The molecule has 1 rings (SSSR count). The Morgan fingerprint density at radius 1 is 1.57 bits per heavy atom. The summed E-state index contributed by atoms with van der Waals surface area (Å²) in [6.45, 7) is 3.01. The third kappa shape index (κ3) is 2.35. The molecular formula is C9H10ClNO3. The van der Waals surface area contributed by atoms with E-state index < -0.39 is 5.97 Å². The van der Waals surface area contributed by atoms with Crippen LogP contribution < -0.4 is 9.47 Å². The molecule has 1 aromatic heterocycles. The summed E-state index contributed by atoms with van der Waals surface area (Å²) in [6.07, 6.45) is 0. The minimum Gasteiger partial charge on any atom is -0.481 e. The van der Waals surface area contributed by atoms with Crippen molar-refractivity contribution < 1.29 is 14.3 Å². The van der Waals surface area contributed by atoms with Crippen LogP contribution in [0.5, 0.6) is 11.6 Å². The van der Waals surface area contributed by atoms with Crippen molar-refractivity contribution in [3.8, 4) is 11.6 Å². The highest BCUT2D eigenvalue weighted by molar-refractivity contribution is 6.32.